The second kappa shape index (κ2) is 8.03. The third-order valence-electron chi connectivity index (χ3n) is 4.02. The van der Waals surface area contributed by atoms with Crippen LogP contribution in [-0.4, -0.2) is 25.1 Å². The van der Waals surface area contributed by atoms with E-state index in [1.165, 1.54) is 0 Å². The summed E-state index contributed by atoms with van der Waals surface area (Å²) in [4.78, 5) is 12.1. The maximum Gasteiger partial charge on any atom is 0.251 e. The van der Waals surface area contributed by atoms with Crippen molar-refractivity contribution in [1.29, 1.82) is 0 Å². The van der Waals surface area contributed by atoms with E-state index < -0.39 is 0 Å². The summed E-state index contributed by atoms with van der Waals surface area (Å²) in [5.41, 5.74) is 6.56. The van der Waals surface area contributed by atoms with Gasteiger partial charge in [0, 0.05) is 18.2 Å². The Morgan fingerprint density at radius 2 is 2.10 bits per heavy atom. The molecule has 0 saturated heterocycles. The molecule has 3 N–H and O–H groups in total. The van der Waals surface area contributed by atoms with Gasteiger partial charge in [-0.1, -0.05) is 13.3 Å². The SMILES string of the molecule is CCCCOc1ccc(C(=O)NCC2CCC(N)C2)cc1. The zero-order valence-corrected chi connectivity index (χ0v) is 12.8. The lowest BCUT2D eigenvalue weighted by molar-refractivity contribution is 0.0947. The fourth-order valence-corrected chi connectivity index (χ4v) is 2.68. The van der Waals surface area contributed by atoms with E-state index in [1.807, 2.05) is 24.3 Å². The van der Waals surface area contributed by atoms with E-state index in [9.17, 15) is 4.79 Å². The van der Waals surface area contributed by atoms with Crippen molar-refractivity contribution in [2.24, 2.45) is 11.7 Å². The van der Waals surface area contributed by atoms with Crippen LogP contribution < -0.4 is 15.8 Å². The smallest absolute Gasteiger partial charge is 0.251 e. The number of hydrogen-bond donors (Lipinski definition) is 2. The number of rotatable bonds is 7. The van der Waals surface area contributed by atoms with E-state index in [0.29, 0.717) is 17.5 Å². The molecule has 0 aliphatic heterocycles. The average Bonchev–Trinajstić information content (AvgIpc) is 2.91. The highest BCUT2D eigenvalue weighted by Gasteiger charge is 2.22. The molecule has 0 radical (unpaired) electrons. The summed E-state index contributed by atoms with van der Waals surface area (Å²) < 4.78 is 5.59. The minimum absolute atomic E-state index is 0.0180. The van der Waals surface area contributed by atoms with Crippen molar-refractivity contribution in [2.75, 3.05) is 13.2 Å². The molecule has 1 aliphatic carbocycles. The second-order valence-electron chi connectivity index (χ2n) is 5.88. The Kier molecular flexibility index (Phi) is 6.05. The number of nitrogens with two attached hydrogens (primary N) is 1. The fraction of sp³-hybridized carbons (Fsp3) is 0.588. The Morgan fingerprint density at radius 3 is 2.71 bits per heavy atom. The lowest BCUT2D eigenvalue weighted by Gasteiger charge is -2.11. The quantitative estimate of drug-likeness (QED) is 0.759. The maximum absolute atomic E-state index is 12.1. The molecule has 1 aliphatic rings. The van der Waals surface area contributed by atoms with E-state index in [4.69, 9.17) is 10.5 Å². The van der Waals surface area contributed by atoms with Crippen LogP contribution in [0.25, 0.3) is 0 Å². The molecular weight excluding hydrogens is 264 g/mol. The van der Waals surface area contributed by atoms with Crippen molar-refractivity contribution >= 4 is 5.91 Å². The van der Waals surface area contributed by atoms with Crippen LogP contribution in [0, 0.1) is 5.92 Å². The average molecular weight is 290 g/mol. The van der Waals surface area contributed by atoms with Crippen LogP contribution in [0.5, 0.6) is 5.75 Å². The van der Waals surface area contributed by atoms with Crippen molar-refractivity contribution in [1.82, 2.24) is 5.32 Å². The van der Waals surface area contributed by atoms with Gasteiger partial charge in [0.2, 0.25) is 0 Å². The van der Waals surface area contributed by atoms with E-state index >= 15 is 0 Å². The Balaban J connectivity index is 1.76. The largest absolute Gasteiger partial charge is 0.494 e. The summed E-state index contributed by atoms with van der Waals surface area (Å²) in [6.07, 6.45) is 5.37. The standard InChI is InChI=1S/C17H26N2O2/c1-2-3-10-21-16-8-5-14(6-9-16)17(20)19-12-13-4-7-15(18)11-13/h5-6,8-9,13,15H,2-4,7,10-12,18H2,1H3,(H,19,20). The van der Waals surface area contributed by atoms with Crippen LogP contribution in [-0.2, 0) is 0 Å². The van der Waals surface area contributed by atoms with Gasteiger partial charge < -0.3 is 15.8 Å². The highest BCUT2D eigenvalue weighted by molar-refractivity contribution is 5.94. The molecule has 0 bridgehead atoms. The molecule has 21 heavy (non-hydrogen) atoms. The molecule has 2 atom stereocenters. The summed E-state index contributed by atoms with van der Waals surface area (Å²) in [7, 11) is 0. The number of amides is 1. The molecule has 116 valence electrons. The van der Waals surface area contributed by atoms with E-state index in [0.717, 1.165) is 51.0 Å². The van der Waals surface area contributed by atoms with Crippen molar-refractivity contribution < 1.29 is 9.53 Å². The van der Waals surface area contributed by atoms with Crippen molar-refractivity contribution in [3.8, 4) is 5.75 Å². The van der Waals surface area contributed by atoms with Crippen LogP contribution in [0.3, 0.4) is 0 Å². The first kappa shape index (κ1) is 15.8. The van der Waals surface area contributed by atoms with Crippen LogP contribution in [0.2, 0.25) is 0 Å². The third-order valence-corrected chi connectivity index (χ3v) is 4.02. The van der Waals surface area contributed by atoms with Gasteiger partial charge >= 0.3 is 0 Å². The Bertz CT molecular complexity index is 445. The molecule has 1 fully saturated rings. The lowest BCUT2D eigenvalue weighted by Crippen LogP contribution is -2.29. The zero-order chi connectivity index (χ0) is 15.1. The van der Waals surface area contributed by atoms with Gasteiger partial charge in [-0.05, 0) is 55.9 Å². The van der Waals surface area contributed by atoms with Gasteiger partial charge in [-0.2, -0.15) is 0 Å². The van der Waals surface area contributed by atoms with Crippen LogP contribution >= 0.6 is 0 Å². The van der Waals surface area contributed by atoms with E-state index in [-0.39, 0.29) is 5.91 Å². The molecule has 1 saturated carbocycles. The number of carbonyl (C=O) groups is 1. The normalized spacial score (nSPS) is 21.2. The monoisotopic (exact) mass is 290 g/mol. The summed E-state index contributed by atoms with van der Waals surface area (Å²) in [5, 5.41) is 3.00. The second-order valence-corrected chi connectivity index (χ2v) is 5.88. The molecule has 0 spiro atoms. The molecule has 4 nitrogen and oxygen atoms in total. The summed E-state index contributed by atoms with van der Waals surface area (Å²) in [6.45, 7) is 3.58. The lowest BCUT2D eigenvalue weighted by atomic mass is 10.1. The predicted octanol–water partition coefficient (Wildman–Crippen LogP) is 2.72. The van der Waals surface area contributed by atoms with Crippen molar-refractivity contribution in [2.45, 2.75) is 45.1 Å². The highest BCUT2D eigenvalue weighted by Crippen LogP contribution is 2.23. The van der Waals surface area contributed by atoms with Crippen molar-refractivity contribution in [3.05, 3.63) is 29.8 Å². The number of benzene rings is 1. The van der Waals surface area contributed by atoms with Gasteiger partial charge in [-0.3, -0.25) is 4.79 Å². The van der Waals surface area contributed by atoms with Gasteiger partial charge in [-0.15, -0.1) is 0 Å². The molecule has 1 aromatic carbocycles. The highest BCUT2D eigenvalue weighted by atomic mass is 16.5. The number of unbranched alkanes of at least 4 members (excludes halogenated alkanes) is 1. The first-order valence-corrected chi connectivity index (χ1v) is 7.95. The summed E-state index contributed by atoms with van der Waals surface area (Å²) in [5.74, 6) is 1.33. The van der Waals surface area contributed by atoms with Crippen molar-refractivity contribution in [3.63, 3.8) is 0 Å². The predicted molar refractivity (Wildman–Crippen MR) is 84.5 cm³/mol. The zero-order valence-electron chi connectivity index (χ0n) is 12.8. The Labute approximate surface area is 127 Å². The molecular formula is C17H26N2O2. The Hall–Kier alpha value is -1.55. The summed E-state index contributed by atoms with van der Waals surface area (Å²) >= 11 is 0. The first-order chi connectivity index (χ1) is 10.2. The van der Waals surface area contributed by atoms with E-state index in [1.54, 1.807) is 0 Å². The third kappa shape index (κ3) is 5.05. The maximum atomic E-state index is 12.1. The molecule has 2 unspecified atom stereocenters. The topological polar surface area (TPSA) is 64.3 Å². The molecule has 1 aromatic rings. The molecule has 0 heterocycles. The fourth-order valence-electron chi connectivity index (χ4n) is 2.68. The van der Waals surface area contributed by atoms with Crippen LogP contribution in [0.4, 0.5) is 0 Å². The molecule has 0 aromatic heterocycles. The van der Waals surface area contributed by atoms with Gasteiger partial charge in [-0.25, -0.2) is 0 Å². The first-order valence-electron chi connectivity index (χ1n) is 7.95. The molecule has 2 rings (SSSR count). The van der Waals surface area contributed by atoms with Crippen LogP contribution in [0.15, 0.2) is 24.3 Å². The van der Waals surface area contributed by atoms with E-state index in [2.05, 4.69) is 12.2 Å². The number of carbonyl (C=O) groups excluding carboxylic acids is 1. The number of ether oxygens (including phenoxy) is 1. The van der Waals surface area contributed by atoms with Gasteiger partial charge in [0.15, 0.2) is 0 Å². The van der Waals surface area contributed by atoms with Crippen LogP contribution in [0.1, 0.15) is 49.4 Å². The minimum Gasteiger partial charge on any atom is -0.494 e. The van der Waals surface area contributed by atoms with Gasteiger partial charge in [0.25, 0.3) is 5.91 Å². The van der Waals surface area contributed by atoms with Gasteiger partial charge in [0.1, 0.15) is 5.75 Å². The summed E-state index contributed by atoms with van der Waals surface area (Å²) in [6, 6.07) is 7.66. The Morgan fingerprint density at radius 1 is 1.33 bits per heavy atom. The molecule has 1 amide bonds. The number of hydrogen-bond acceptors (Lipinski definition) is 3. The number of nitrogens with one attached hydrogen (secondary N) is 1. The minimum atomic E-state index is -0.0180. The molecule has 4 heteroatoms. The van der Waals surface area contributed by atoms with Gasteiger partial charge in [0.05, 0.1) is 6.61 Å².